The Balaban J connectivity index is 1.75. The standard InChI is InChI=1S/C11H13ClN2O2/c12-7-3-5-16-10(7)11(15)14-6-8-9(14)2-1-4-13-8/h3,5,8-9,13H,1-2,4,6H2. The van der Waals surface area contributed by atoms with E-state index >= 15 is 0 Å². The molecule has 3 rings (SSSR count). The van der Waals surface area contributed by atoms with Gasteiger partial charge in [-0.05, 0) is 25.5 Å². The highest BCUT2D eigenvalue weighted by Gasteiger charge is 2.44. The second kappa shape index (κ2) is 3.79. The van der Waals surface area contributed by atoms with Crippen LogP contribution in [0.3, 0.4) is 0 Å². The quantitative estimate of drug-likeness (QED) is 0.810. The van der Waals surface area contributed by atoms with Crippen LogP contribution in [0.4, 0.5) is 0 Å². The molecule has 3 heterocycles. The van der Waals surface area contributed by atoms with Crippen molar-refractivity contribution in [2.45, 2.75) is 24.9 Å². The van der Waals surface area contributed by atoms with E-state index in [-0.39, 0.29) is 11.7 Å². The summed E-state index contributed by atoms with van der Waals surface area (Å²) in [6.45, 7) is 1.82. The molecule has 2 unspecified atom stereocenters. The summed E-state index contributed by atoms with van der Waals surface area (Å²) in [7, 11) is 0. The Morgan fingerprint density at radius 3 is 3.19 bits per heavy atom. The van der Waals surface area contributed by atoms with E-state index in [0.29, 0.717) is 17.1 Å². The number of amides is 1. The van der Waals surface area contributed by atoms with Crippen LogP contribution in [0, 0.1) is 0 Å². The number of hydrogen-bond donors (Lipinski definition) is 1. The zero-order valence-electron chi connectivity index (χ0n) is 8.78. The molecule has 1 N–H and O–H groups in total. The first-order valence-corrected chi connectivity index (χ1v) is 5.92. The van der Waals surface area contributed by atoms with Crippen molar-refractivity contribution >= 4 is 17.5 Å². The number of piperidine rings is 1. The Morgan fingerprint density at radius 2 is 2.50 bits per heavy atom. The zero-order valence-corrected chi connectivity index (χ0v) is 9.54. The van der Waals surface area contributed by atoms with Crippen molar-refractivity contribution in [3.63, 3.8) is 0 Å². The summed E-state index contributed by atoms with van der Waals surface area (Å²) in [5.74, 6) is 0.186. The number of hydrogen-bond acceptors (Lipinski definition) is 3. The van der Waals surface area contributed by atoms with E-state index in [0.717, 1.165) is 25.9 Å². The van der Waals surface area contributed by atoms with Crippen LogP contribution in [0.2, 0.25) is 5.02 Å². The maximum absolute atomic E-state index is 12.1. The van der Waals surface area contributed by atoms with Crippen molar-refractivity contribution in [3.05, 3.63) is 23.1 Å². The van der Waals surface area contributed by atoms with Crippen molar-refractivity contribution in [3.8, 4) is 0 Å². The molecule has 5 heteroatoms. The van der Waals surface area contributed by atoms with Crippen molar-refractivity contribution in [2.24, 2.45) is 0 Å². The minimum Gasteiger partial charge on any atom is -0.458 e. The molecule has 16 heavy (non-hydrogen) atoms. The Bertz CT molecular complexity index is 418. The first kappa shape index (κ1) is 10.2. The topological polar surface area (TPSA) is 45.5 Å². The third-order valence-corrected chi connectivity index (χ3v) is 3.71. The molecule has 0 saturated carbocycles. The molecular formula is C11H13ClN2O2. The number of furan rings is 1. The number of carbonyl (C=O) groups excluding carboxylic acids is 1. The zero-order chi connectivity index (χ0) is 11.1. The fourth-order valence-electron chi connectivity index (χ4n) is 2.51. The third kappa shape index (κ3) is 1.44. The van der Waals surface area contributed by atoms with Crippen molar-refractivity contribution in [1.29, 1.82) is 0 Å². The predicted octanol–water partition coefficient (Wildman–Crippen LogP) is 1.51. The molecule has 1 aromatic heterocycles. The molecule has 0 aromatic carbocycles. The molecular weight excluding hydrogens is 228 g/mol. The summed E-state index contributed by atoms with van der Waals surface area (Å²) < 4.78 is 5.12. The Kier molecular flexibility index (Phi) is 2.41. The summed E-state index contributed by atoms with van der Waals surface area (Å²) in [5.41, 5.74) is 0. The summed E-state index contributed by atoms with van der Waals surface area (Å²) in [4.78, 5) is 13.9. The summed E-state index contributed by atoms with van der Waals surface area (Å²) >= 11 is 5.88. The first-order chi connectivity index (χ1) is 7.77. The monoisotopic (exact) mass is 240 g/mol. The van der Waals surface area contributed by atoms with Gasteiger partial charge in [-0.25, -0.2) is 0 Å². The van der Waals surface area contributed by atoms with E-state index < -0.39 is 0 Å². The van der Waals surface area contributed by atoms with Gasteiger partial charge in [-0.2, -0.15) is 0 Å². The Hall–Kier alpha value is -1.00. The SMILES string of the molecule is O=C(c1occc1Cl)N1CC2NCCCC21. The number of fused-ring (bicyclic) bond motifs is 1. The molecule has 0 aliphatic carbocycles. The van der Waals surface area contributed by atoms with Crippen LogP contribution in [0.25, 0.3) is 0 Å². The average Bonchev–Trinajstić information content (AvgIpc) is 2.66. The first-order valence-electron chi connectivity index (χ1n) is 5.55. The minimum absolute atomic E-state index is 0.0834. The molecule has 1 aromatic rings. The lowest BCUT2D eigenvalue weighted by Crippen LogP contribution is -2.69. The van der Waals surface area contributed by atoms with Gasteiger partial charge in [0.05, 0.1) is 11.3 Å². The molecule has 0 spiro atoms. The second-order valence-corrected chi connectivity index (χ2v) is 4.73. The highest BCUT2D eigenvalue weighted by atomic mass is 35.5. The molecule has 0 radical (unpaired) electrons. The van der Waals surface area contributed by atoms with Gasteiger partial charge in [0.2, 0.25) is 5.76 Å². The summed E-state index contributed by atoms with van der Waals surface area (Å²) in [6.07, 6.45) is 3.64. The van der Waals surface area contributed by atoms with E-state index in [1.54, 1.807) is 6.07 Å². The van der Waals surface area contributed by atoms with Crippen LogP contribution in [0.5, 0.6) is 0 Å². The van der Waals surface area contributed by atoms with Crippen molar-refractivity contribution < 1.29 is 9.21 Å². The molecule has 2 saturated heterocycles. The van der Waals surface area contributed by atoms with Gasteiger partial charge in [0.15, 0.2) is 0 Å². The molecule has 2 aliphatic rings. The smallest absolute Gasteiger partial charge is 0.291 e. The van der Waals surface area contributed by atoms with E-state index in [2.05, 4.69) is 5.32 Å². The van der Waals surface area contributed by atoms with E-state index in [4.69, 9.17) is 16.0 Å². The van der Waals surface area contributed by atoms with Gasteiger partial charge in [0.25, 0.3) is 5.91 Å². The largest absolute Gasteiger partial charge is 0.458 e. The van der Waals surface area contributed by atoms with Gasteiger partial charge in [-0.15, -0.1) is 0 Å². The van der Waals surface area contributed by atoms with Gasteiger partial charge >= 0.3 is 0 Å². The minimum atomic E-state index is -0.0834. The van der Waals surface area contributed by atoms with E-state index in [1.165, 1.54) is 6.26 Å². The summed E-state index contributed by atoms with van der Waals surface area (Å²) in [6, 6.07) is 2.39. The fourth-order valence-corrected chi connectivity index (χ4v) is 2.69. The number of likely N-dealkylation sites (tertiary alicyclic amines) is 1. The van der Waals surface area contributed by atoms with Crippen LogP contribution in [-0.2, 0) is 0 Å². The average molecular weight is 241 g/mol. The van der Waals surface area contributed by atoms with Gasteiger partial charge < -0.3 is 14.6 Å². The van der Waals surface area contributed by atoms with Gasteiger partial charge in [-0.1, -0.05) is 11.6 Å². The molecule has 2 fully saturated rings. The van der Waals surface area contributed by atoms with Crippen LogP contribution in [0.1, 0.15) is 23.4 Å². The molecule has 2 atom stereocenters. The van der Waals surface area contributed by atoms with Crippen LogP contribution >= 0.6 is 11.6 Å². The highest BCUT2D eigenvalue weighted by Crippen LogP contribution is 2.29. The number of nitrogens with one attached hydrogen (secondary N) is 1. The third-order valence-electron chi connectivity index (χ3n) is 3.41. The van der Waals surface area contributed by atoms with Crippen LogP contribution in [0.15, 0.2) is 16.7 Å². The maximum atomic E-state index is 12.1. The van der Waals surface area contributed by atoms with E-state index in [9.17, 15) is 4.79 Å². The van der Waals surface area contributed by atoms with Gasteiger partial charge in [0, 0.05) is 18.6 Å². The molecule has 0 bridgehead atoms. The molecule has 2 aliphatic heterocycles. The number of nitrogens with zero attached hydrogens (tertiary/aromatic N) is 1. The molecule has 86 valence electrons. The lowest BCUT2D eigenvalue weighted by molar-refractivity contribution is 0.0148. The number of rotatable bonds is 1. The maximum Gasteiger partial charge on any atom is 0.291 e. The Labute approximate surface area is 98.5 Å². The van der Waals surface area contributed by atoms with Gasteiger partial charge in [0.1, 0.15) is 0 Å². The fraction of sp³-hybridized carbons (Fsp3) is 0.545. The Morgan fingerprint density at radius 1 is 1.62 bits per heavy atom. The normalized spacial score (nSPS) is 28.4. The van der Waals surface area contributed by atoms with Gasteiger partial charge in [-0.3, -0.25) is 4.79 Å². The predicted molar refractivity (Wildman–Crippen MR) is 59.6 cm³/mol. The molecule has 4 nitrogen and oxygen atoms in total. The number of carbonyl (C=O) groups is 1. The lowest BCUT2D eigenvalue weighted by atomic mass is 9.88. The molecule has 1 amide bonds. The summed E-state index contributed by atoms with van der Waals surface area (Å²) in [5, 5.41) is 3.81. The van der Waals surface area contributed by atoms with Crippen LogP contribution in [-0.4, -0.2) is 36.0 Å². The lowest BCUT2D eigenvalue weighted by Gasteiger charge is -2.50. The van der Waals surface area contributed by atoms with E-state index in [1.807, 2.05) is 4.90 Å². The highest BCUT2D eigenvalue weighted by molar-refractivity contribution is 6.33. The second-order valence-electron chi connectivity index (χ2n) is 4.33. The van der Waals surface area contributed by atoms with Crippen molar-refractivity contribution in [1.82, 2.24) is 10.2 Å². The van der Waals surface area contributed by atoms with Crippen LogP contribution < -0.4 is 5.32 Å². The van der Waals surface area contributed by atoms with Crippen molar-refractivity contribution in [2.75, 3.05) is 13.1 Å². The number of halogens is 1.